The van der Waals surface area contributed by atoms with Crippen LogP contribution in [0.3, 0.4) is 0 Å². The molecule has 0 radical (unpaired) electrons. The monoisotopic (exact) mass is 339 g/mol. The lowest BCUT2D eigenvalue weighted by molar-refractivity contribution is 0.187. The Balaban J connectivity index is 0.00000169. The summed E-state index contributed by atoms with van der Waals surface area (Å²) in [6.07, 6.45) is 0. The first kappa shape index (κ1) is 17.0. The van der Waals surface area contributed by atoms with Crippen LogP contribution >= 0.6 is 12.4 Å². The van der Waals surface area contributed by atoms with Crippen LogP contribution in [-0.2, 0) is 6.54 Å². The number of aliphatic hydroxyl groups excluding tert-OH is 1. The molecular weight excluding hydrogens is 318 g/mol. The van der Waals surface area contributed by atoms with Gasteiger partial charge in [0.05, 0.1) is 6.61 Å². The highest BCUT2D eigenvalue weighted by Crippen LogP contribution is 2.35. The first-order valence-electron chi connectivity index (χ1n) is 8.10. The van der Waals surface area contributed by atoms with Gasteiger partial charge in [0.15, 0.2) is 0 Å². The summed E-state index contributed by atoms with van der Waals surface area (Å²) in [5.74, 6) is 0. The van der Waals surface area contributed by atoms with Crippen LogP contribution in [0, 0.1) is 0 Å². The summed E-state index contributed by atoms with van der Waals surface area (Å²) in [5, 5.41) is 20.8. The maximum Gasteiger partial charge on any atom is 0.0607 e. The van der Waals surface area contributed by atoms with Gasteiger partial charge in [0.2, 0.25) is 0 Å². The van der Waals surface area contributed by atoms with E-state index >= 15 is 0 Å². The van der Waals surface area contributed by atoms with Crippen LogP contribution in [-0.4, -0.2) is 17.3 Å². The molecule has 3 heteroatoms. The van der Waals surface area contributed by atoms with Crippen LogP contribution in [0.1, 0.15) is 19.4 Å². The number of hydrogen-bond donors (Lipinski definition) is 2. The van der Waals surface area contributed by atoms with E-state index in [4.69, 9.17) is 0 Å². The maximum atomic E-state index is 9.44. The van der Waals surface area contributed by atoms with Gasteiger partial charge in [-0.3, -0.25) is 0 Å². The topological polar surface area (TPSA) is 32.3 Å². The van der Waals surface area contributed by atoms with Gasteiger partial charge in [0.25, 0.3) is 0 Å². The average molecular weight is 340 g/mol. The number of nitrogens with one attached hydrogen (secondary N) is 1. The molecule has 124 valence electrons. The minimum absolute atomic E-state index is 0. The van der Waals surface area contributed by atoms with Crippen LogP contribution in [0.2, 0.25) is 0 Å². The first-order chi connectivity index (χ1) is 11.1. The van der Waals surface area contributed by atoms with Gasteiger partial charge in [0, 0.05) is 12.1 Å². The fourth-order valence-corrected chi connectivity index (χ4v) is 3.34. The Bertz CT molecular complexity index is 977. The van der Waals surface area contributed by atoms with Crippen LogP contribution in [0.25, 0.3) is 32.3 Å². The molecule has 4 rings (SSSR count). The van der Waals surface area contributed by atoms with E-state index in [1.807, 2.05) is 13.8 Å². The molecule has 0 aliphatic carbocycles. The summed E-state index contributed by atoms with van der Waals surface area (Å²) >= 11 is 0. The van der Waals surface area contributed by atoms with Gasteiger partial charge in [-0.15, -0.1) is 12.4 Å². The minimum Gasteiger partial charge on any atom is -0.394 e. The van der Waals surface area contributed by atoms with Gasteiger partial charge in [-0.05, 0) is 51.7 Å². The lowest BCUT2D eigenvalue weighted by Crippen LogP contribution is -2.42. The third-order valence-corrected chi connectivity index (χ3v) is 4.77. The second-order valence-corrected chi connectivity index (χ2v) is 6.98. The van der Waals surface area contributed by atoms with Gasteiger partial charge in [0.1, 0.15) is 0 Å². The molecule has 24 heavy (non-hydrogen) atoms. The van der Waals surface area contributed by atoms with E-state index in [-0.39, 0.29) is 24.6 Å². The second-order valence-electron chi connectivity index (χ2n) is 6.98. The van der Waals surface area contributed by atoms with Crippen molar-refractivity contribution in [2.45, 2.75) is 25.9 Å². The molecule has 2 N–H and O–H groups in total. The number of hydrogen-bond acceptors (Lipinski definition) is 2. The molecule has 0 aliphatic heterocycles. The molecule has 0 atom stereocenters. The number of benzene rings is 4. The van der Waals surface area contributed by atoms with E-state index < -0.39 is 0 Å². The molecule has 0 amide bonds. The van der Waals surface area contributed by atoms with Crippen molar-refractivity contribution in [2.75, 3.05) is 6.61 Å². The molecule has 0 bridgehead atoms. The Hall–Kier alpha value is -1.87. The third-order valence-electron chi connectivity index (χ3n) is 4.77. The predicted octanol–water partition coefficient (Wildman–Crippen LogP) is 4.87. The van der Waals surface area contributed by atoms with Crippen LogP contribution in [0.15, 0.2) is 54.6 Å². The summed E-state index contributed by atoms with van der Waals surface area (Å²) in [6.45, 7) is 4.91. The number of aliphatic hydroxyl groups is 1. The van der Waals surface area contributed by atoms with Gasteiger partial charge in [-0.25, -0.2) is 0 Å². The van der Waals surface area contributed by atoms with Crippen LogP contribution in [0.5, 0.6) is 0 Å². The minimum atomic E-state index is -0.274. The largest absolute Gasteiger partial charge is 0.394 e. The summed E-state index contributed by atoms with van der Waals surface area (Å²) in [5.41, 5.74) is 1.00. The highest BCUT2D eigenvalue weighted by atomic mass is 35.5. The molecule has 4 aromatic rings. The fourth-order valence-electron chi connectivity index (χ4n) is 3.34. The first-order valence-corrected chi connectivity index (χ1v) is 8.10. The van der Waals surface area contributed by atoms with E-state index in [1.165, 1.54) is 37.9 Å². The van der Waals surface area contributed by atoms with Crippen LogP contribution in [0.4, 0.5) is 0 Å². The normalized spacial score (nSPS) is 12.1. The van der Waals surface area contributed by atoms with E-state index in [1.54, 1.807) is 0 Å². The summed E-state index contributed by atoms with van der Waals surface area (Å²) < 4.78 is 0. The molecular formula is C21H22ClNO. The number of halogens is 1. The highest BCUT2D eigenvalue weighted by molar-refractivity contribution is 6.23. The van der Waals surface area contributed by atoms with E-state index in [2.05, 4.69) is 59.9 Å². The zero-order chi connectivity index (χ0) is 16.0. The molecule has 2 nitrogen and oxygen atoms in total. The number of rotatable bonds is 4. The zero-order valence-electron chi connectivity index (χ0n) is 14.0. The van der Waals surface area contributed by atoms with Crippen molar-refractivity contribution < 1.29 is 5.11 Å². The van der Waals surface area contributed by atoms with Crippen molar-refractivity contribution in [3.8, 4) is 0 Å². The van der Waals surface area contributed by atoms with Crippen molar-refractivity contribution in [3.63, 3.8) is 0 Å². The van der Waals surface area contributed by atoms with Crippen molar-refractivity contribution >= 4 is 44.7 Å². The van der Waals surface area contributed by atoms with Gasteiger partial charge < -0.3 is 10.4 Å². The van der Waals surface area contributed by atoms with Gasteiger partial charge in [-0.2, -0.15) is 0 Å². The maximum absolute atomic E-state index is 9.44. The molecule has 0 fully saturated rings. The summed E-state index contributed by atoms with van der Waals surface area (Å²) in [7, 11) is 0. The summed E-state index contributed by atoms with van der Waals surface area (Å²) in [4.78, 5) is 0. The zero-order valence-corrected chi connectivity index (χ0v) is 14.8. The second kappa shape index (κ2) is 6.21. The highest BCUT2D eigenvalue weighted by Gasteiger charge is 2.16. The van der Waals surface area contributed by atoms with E-state index in [0.29, 0.717) is 0 Å². The Kier molecular flexibility index (Phi) is 4.39. The van der Waals surface area contributed by atoms with E-state index in [9.17, 15) is 5.11 Å². The smallest absolute Gasteiger partial charge is 0.0607 e. The fraction of sp³-hybridized carbons (Fsp3) is 0.238. The van der Waals surface area contributed by atoms with Gasteiger partial charge in [-0.1, -0.05) is 54.6 Å². The SMILES string of the molecule is CC(C)(CO)NCc1ccc2ccc3cccc4ccc1c2c34.Cl. The van der Waals surface area contributed by atoms with Crippen LogP contribution < -0.4 is 5.32 Å². The Morgan fingerprint density at radius 1 is 0.833 bits per heavy atom. The standard InChI is InChI=1S/C21H21NO.ClH/c1-21(2,13-23)22-12-17-9-8-16-7-6-14-4-3-5-15-10-11-18(17)20(16)19(14)15;/h3-11,22-23H,12-13H2,1-2H3;1H. The Labute approximate surface area is 148 Å². The molecule has 0 heterocycles. The van der Waals surface area contributed by atoms with Crippen molar-refractivity contribution in [3.05, 3.63) is 60.2 Å². The molecule has 0 aromatic heterocycles. The quantitative estimate of drug-likeness (QED) is 0.520. The lowest BCUT2D eigenvalue weighted by atomic mass is 9.92. The molecule has 0 aliphatic rings. The third kappa shape index (κ3) is 2.71. The van der Waals surface area contributed by atoms with Crippen molar-refractivity contribution in [1.82, 2.24) is 5.32 Å². The van der Waals surface area contributed by atoms with Crippen molar-refractivity contribution in [1.29, 1.82) is 0 Å². The molecule has 4 aromatic carbocycles. The summed E-state index contributed by atoms with van der Waals surface area (Å²) in [6, 6.07) is 19.7. The van der Waals surface area contributed by atoms with Crippen molar-refractivity contribution in [2.24, 2.45) is 0 Å². The Morgan fingerprint density at radius 2 is 1.42 bits per heavy atom. The lowest BCUT2D eigenvalue weighted by Gasteiger charge is -2.24. The van der Waals surface area contributed by atoms with E-state index in [0.717, 1.165) is 6.54 Å². The molecule has 0 saturated heterocycles. The molecule has 0 unspecified atom stereocenters. The average Bonchev–Trinajstić information content (AvgIpc) is 2.58. The molecule has 0 saturated carbocycles. The predicted molar refractivity (Wildman–Crippen MR) is 105 cm³/mol. The Morgan fingerprint density at radius 3 is 2.08 bits per heavy atom. The molecule has 0 spiro atoms. The van der Waals surface area contributed by atoms with Gasteiger partial charge >= 0.3 is 0 Å².